The summed E-state index contributed by atoms with van der Waals surface area (Å²) in [4.78, 5) is 13.3. The predicted octanol–water partition coefficient (Wildman–Crippen LogP) is 2.58. The highest BCUT2D eigenvalue weighted by Crippen LogP contribution is 2.16. The van der Waals surface area contributed by atoms with Gasteiger partial charge in [0.25, 0.3) is 0 Å². The van der Waals surface area contributed by atoms with Crippen LogP contribution in [-0.4, -0.2) is 24.1 Å². The van der Waals surface area contributed by atoms with E-state index in [0.29, 0.717) is 19.1 Å². The second-order valence-electron chi connectivity index (χ2n) is 4.49. The fourth-order valence-electron chi connectivity index (χ4n) is 1.93. The maximum atomic E-state index is 11.6. The van der Waals surface area contributed by atoms with E-state index in [4.69, 9.17) is 4.74 Å². The van der Waals surface area contributed by atoms with Gasteiger partial charge in [-0.05, 0) is 18.1 Å². The maximum Gasteiger partial charge on any atom is 0.410 e. The minimum atomic E-state index is -0.193. The normalized spacial score (nSPS) is 20.8. The fraction of sp³-hybridized carbons (Fsp3) is 0.462. The Kier molecular flexibility index (Phi) is 3.13. The van der Waals surface area contributed by atoms with Gasteiger partial charge in [-0.25, -0.2) is 4.79 Å². The van der Waals surface area contributed by atoms with Crippen molar-refractivity contribution in [3.63, 3.8) is 0 Å². The van der Waals surface area contributed by atoms with Crippen molar-refractivity contribution in [1.82, 2.24) is 4.90 Å². The largest absolute Gasteiger partial charge is 0.449 e. The monoisotopic (exact) mass is 219 g/mol. The van der Waals surface area contributed by atoms with Gasteiger partial charge in [0.15, 0.2) is 0 Å². The first-order valence-electron chi connectivity index (χ1n) is 5.63. The predicted molar refractivity (Wildman–Crippen MR) is 62.1 cm³/mol. The summed E-state index contributed by atoms with van der Waals surface area (Å²) in [5.41, 5.74) is 2.40. The molecule has 16 heavy (non-hydrogen) atoms. The van der Waals surface area contributed by atoms with Gasteiger partial charge in [0.2, 0.25) is 0 Å². The first kappa shape index (κ1) is 11.0. The summed E-state index contributed by atoms with van der Waals surface area (Å²) >= 11 is 0. The molecule has 1 saturated heterocycles. The molecule has 0 aliphatic carbocycles. The van der Waals surface area contributed by atoms with Crippen molar-refractivity contribution in [3.8, 4) is 0 Å². The molecule has 1 atom stereocenters. The lowest BCUT2D eigenvalue weighted by atomic mass is 10.1. The molecule has 1 aliphatic heterocycles. The van der Waals surface area contributed by atoms with Crippen molar-refractivity contribution >= 4 is 6.09 Å². The lowest BCUT2D eigenvalue weighted by Crippen LogP contribution is -2.41. The van der Waals surface area contributed by atoms with Gasteiger partial charge >= 0.3 is 6.09 Å². The van der Waals surface area contributed by atoms with Gasteiger partial charge < -0.3 is 9.64 Å². The molecule has 3 heteroatoms. The molecule has 0 saturated carbocycles. The Morgan fingerprint density at radius 3 is 2.94 bits per heavy atom. The topological polar surface area (TPSA) is 29.5 Å². The van der Waals surface area contributed by atoms with Crippen molar-refractivity contribution in [2.24, 2.45) is 5.92 Å². The third-order valence-corrected chi connectivity index (χ3v) is 2.90. The van der Waals surface area contributed by atoms with Crippen LogP contribution in [0.15, 0.2) is 24.3 Å². The summed E-state index contributed by atoms with van der Waals surface area (Å²) in [5, 5.41) is 0. The summed E-state index contributed by atoms with van der Waals surface area (Å²) in [5.74, 6) is 0.418. The number of amides is 1. The third-order valence-electron chi connectivity index (χ3n) is 2.90. The minimum Gasteiger partial charge on any atom is -0.449 e. The summed E-state index contributed by atoms with van der Waals surface area (Å²) < 4.78 is 5.10. The molecule has 1 aliphatic rings. The van der Waals surface area contributed by atoms with E-state index < -0.39 is 0 Å². The SMILES string of the molecule is Cc1ccccc1CN1CC(C)COC1=O. The Morgan fingerprint density at radius 1 is 1.44 bits per heavy atom. The zero-order valence-corrected chi connectivity index (χ0v) is 9.77. The summed E-state index contributed by atoms with van der Waals surface area (Å²) in [6.07, 6.45) is -0.193. The first-order valence-corrected chi connectivity index (χ1v) is 5.63. The molecule has 1 heterocycles. The van der Waals surface area contributed by atoms with Crippen LogP contribution < -0.4 is 0 Å². The third kappa shape index (κ3) is 2.35. The van der Waals surface area contributed by atoms with Crippen LogP contribution in [0.1, 0.15) is 18.1 Å². The van der Waals surface area contributed by atoms with Gasteiger partial charge in [0, 0.05) is 19.0 Å². The zero-order chi connectivity index (χ0) is 11.5. The Morgan fingerprint density at radius 2 is 2.19 bits per heavy atom. The van der Waals surface area contributed by atoms with E-state index in [9.17, 15) is 4.79 Å². The number of aryl methyl sites for hydroxylation is 1. The number of rotatable bonds is 2. The van der Waals surface area contributed by atoms with Crippen LogP contribution in [0.3, 0.4) is 0 Å². The van der Waals surface area contributed by atoms with Crippen LogP contribution in [0.2, 0.25) is 0 Å². The van der Waals surface area contributed by atoms with Crippen LogP contribution in [-0.2, 0) is 11.3 Å². The molecule has 0 N–H and O–H groups in total. The number of cyclic esters (lactones) is 1. The molecule has 86 valence electrons. The van der Waals surface area contributed by atoms with E-state index in [1.807, 2.05) is 12.1 Å². The second kappa shape index (κ2) is 4.56. The quantitative estimate of drug-likeness (QED) is 0.765. The van der Waals surface area contributed by atoms with Crippen LogP contribution >= 0.6 is 0 Å². The number of nitrogens with zero attached hydrogens (tertiary/aromatic N) is 1. The van der Waals surface area contributed by atoms with Gasteiger partial charge in [0.05, 0.1) is 6.61 Å². The van der Waals surface area contributed by atoms with Crippen LogP contribution in [0.25, 0.3) is 0 Å². The Bertz CT molecular complexity index is 389. The van der Waals surface area contributed by atoms with Gasteiger partial charge in [-0.15, -0.1) is 0 Å². The lowest BCUT2D eigenvalue weighted by Gasteiger charge is -2.30. The average molecular weight is 219 g/mol. The smallest absolute Gasteiger partial charge is 0.410 e. The number of hydrogen-bond acceptors (Lipinski definition) is 2. The number of ether oxygens (including phenoxy) is 1. The summed E-state index contributed by atoms with van der Waals surface area (Å²) in [7, 11) is 0. The maximum absolute atomic E-state index is 11.6. The second-order valence-corrected chi connectivity index (χ2v) is 4.49. The molecule has 0 bridgehead atoms. The Labute approximate surface area is 96.0 Å². The fourth-order valence-corrected chi connectivity index (χ4v) is 1.93. The Hall–Kier alpha value is -1.51. The molecule has 1 fully saturated rings. The van der Waals surface area contributed by atoms with E-state index in [0.717, 1.165) is 6.54 Å². The van der Waals surface area contributed by atoms with E-state index >= 15 is 0 Å². The zero-order valence-electron chi connectivity index (χ0n) is 9.77. The highest BCUT2D eigenvalue weighted by Gasteiger charge is 2.24. The molecule has 1 aromatic carbocycles. The molecule has 0 radical (unpaired) electrons. The molecule has 0 aromatic heterocycles. The van der Waals surface area contributed by atoms with Gasteiger partial charge in [0.1, 0.15) is 0 Å². The number of carbonyl (C=O) groups is 1. The van der Waals surface area contributed by atoms with Crippen molar-refractivity contribution in [1.29, 1.82) is 0 Å². The number of carbonyl (C=O) groups excluding carboxylic acids is 1. The standard InChI is InChI=1S/C13H17NO2/c1-10-7-14(13(15)16-9-10)8-12-6-4-3-5-11(12)2/h3-6,10H,7-9H2,1-2H3. The minimum absolute atomic E-state index is 0.193. The van der Waals surface area contributed by atoms with Gasteiger partial charge in [-0.3, -0.25) is 0 Å². The Balaban J connectivity index is 2.09. The molecule has 1 aromatic rings. The van der Waals surface area contributed by atoms with Crippen LogP contribution in [0.5, 0.6) is 0 Å². The van der Waals surface area contributed by atoms with Gasteiger partial charge in [-0.2, -0.15) is 0 Å². The van der Waals surface area contributed by atoms with Crippen molar-refractivity contribution in [3.05, 3.63) is 35.4 Å². The van der Waals surface area contributed by atoms with Crippen molar-refractivity contribution < 1.29 is 9.53 Å². The average Bonchev–Trinajstić information content (AvgIpc) is 2.27. The highest BCUT2D eigenvalue weighted by molar-refractivity contribution is 5.68. The number of benzene rings is 1. The molecule has 2 rings (SSSR count). The van der Waals surface area contributed by atoms with E-state index in [1.54, 1.807) is 4.90 Å². The molecule has 1 amide bonds. The molecular weight excluding hydrogens is 202 g/mol. The first-order chi connectivity index (χ1) is 7.66. The van der Waals surface area contributed by atoms with Crippen molar-refractivity contribution in [2.45, 2.75) is 20.4 Å². The lowest BCUT2D eigenvalue weighted by molar-refractivity contribution is 0.0450. The number of hydrogen-bond donors (Lipinski definition) is 0. The van der Waals surface area contributed by atoms with Crippen LogP contribution in [0.4, 0.5) is 4.79 Å². The van der Waals surface area contributed by atoms with Crippen molar-refractivity contribution in [2.75, 3.05) is 13.2 Å². The molecule has 3 nitrogen and oxygen atoms in total. The van der Waals surface area contributed by atoms with E-state index in [-0.39, 0.29) is 6.09 Å². The highest BCUT2D eigenvalue weighted by atomic mass is 16.6. The summed E-state index contributed by atoms with van der Waals surface area (Å²) in [6, 6.07) is 8.13. The van der Waals surface area contributed by atoms with E-state index in [1.165, 1.54) is 11.1 Å². The molecule has 1 unspecified atom stereocenters. The van der Waals surface area contributed by atoms with Gasteiger partial charge in [-0.1, -0.05) is 31.2 Å². The van der Waals surface area contributed by atoms with E-state index in [2.05, 4.69) is 26.0 Å². The summed E-state index contributed by atoms with van der Waals surface area (Å²) in [6.45, 7) is 6.14. The van der Waals surface area contributed by atoms with Crippen LogP contribution in [0, 0.1) is 12.8 Å². The molecular formula is C13H17NO2. The molecule has 0 spiro atoms.